The molecular weight excluding hydrogens is 344 g/mol. The molecule has 0 atom stereocenters. The first kappa shape index (κ1) is 16.4. The molecule has 0 radical (unpaired) electrons. The quantitative estimate of drug-likeness (QED) is 0.429. The number of hydrogen-bond acceptors (Lipinski definition) is 3. The minimum absolute atomic E-state index is 0.592. The van der Waals surface area contributed by atoms with Crippen molar-refractivity contribution in [1.82, 2.24) is 19.6 Å². The Bertz CT molecular complexity index is 1160. The summed E-state index contributed by atoms with van der Waals surface area (Å²) >= 11 is 0. The Balaban J connectivity index is 1.73. The van der Waals surface area contributed by atoms with Gasteiger partial charge in [-0.25, -0.2) is 14.5 Å². The van der Waals surface area contributed by atoms with E-state index in [4.69, 9.17) is 15.1 Å². The van der Waals surface area contributed by atoms with Crippen LogP contribution in [0.1, 0.15) is 5.56 Å². The van der Waals surface area contributed by atoms with Crippen molar-refractivity contribution in [2.45, 2.75) is 6.92 Å². The third-order valence-corrected chi connectivity index (χ3v) is 4.76. The van der Waals surface area contributed by atoms with Crippen molar-refractivity contribution in [3.63, 3.8) is 0 Å². The van der Waals surface area contributed by atoms with Gasteiger partial charge in [0.1, 0.15) is 11.4 Å². The van der Waals surface area contributed by atoms with Crippen molar-refractivity contribution >= 4 is 5.78 Å². The predicted molar refractivity (Wildman–Crippen MR) is 112 cm³/mol. The van der Waals surface area contributed by atoms with Crippen LogP contribution in [0.4, 0.5) is 0 Å². The van der Waals surface area contributed by atoms with Gasteiger partial charge in [0.2, 0.25) is 0 Å². The Morgan fingerprint density at radius 3 is 1.86 bits per heavy atom. The predicted octanol–water partition coefficient (Wildman–Crippen LogP) is 5.43. The Morgan fingerprint density at radius 2 is 1.21 bits per heavy atom. The Hall–Kier alpha value is -3.79. The van der Waals surface area contributed by atoms with Crippen LogP contribution in [0.15, 0.2) is 91.1 Å². The average Bonchev–Trinajstić information content (AvgIpc) is 3.18. The molecule has 5 rings (SSSR count). The minimum atomic E-state index is 0.592. The fourth-order valence-electron chi connectivity index (χ4n) is 3.27. The molecular formula is C24H18N4. The number of fused-ring (bicyclic) bond motifs is 1. The Morgan fingerprint density at radius 1 is 0.607 bits per heavy atom. The van der Waals surface area contributed by atoms with Crippen molar-refractivity contribution in [3.05, 3.63) is 96.7 Å². The van der Waals surface area contributed by atoms with Gasteiger partial charge in [0.25, 0.3) is 5.78 Å². The van der Waals surface area contributed by atoms with Gasteiger partial charge >= 0.3 is 0 Å². The van der Waals surface area contributed by atoms with Crippen LogP contribution in [-0.2, 0) is 0 Å². The van der Waals surface area contributed by atoms with E-state index in [1.165, 1.54) is 5.56 Å². The van der Waals surface area contributed by atoms with Gasteiger partial charge in [0, 0.05) is 16.7 Å². The molecule has 2 heterocycles. The second kappa shape index (κ2) is 6.74. The van der Waals surface area contributed by atoms with E-state index in [-0.39, 0.29) is 0 Å². The molecule has 4 nitrogen and oxygen atoms in total. The highest BCUT2D eigenvalue weighted by Gasteiger charge is 2.15. The summed E-state index contributed by atoms with van der Waals surface area (Å²) in [5.74, 6) is 0.592. The summed E-state index contributed by atoms with van der Waals surface area (Å²) in [4.78, 5) is 9.60. The number of aromatic nitrogens is 4. The molecule has 0 aliphatic heterocycles. The Labute approximate surface area is 163 Å². The third kappa shape index (κ3) is 2.95. The largest absolute Gasteiger partial charge is 0.251 e. The van der Waals surface area contributed by atoms with Crippen LogP contribution in [0.5, 0.6) is 0 Å². The standard InChI is InChI=1S/C24H18N4/c1-17-12-14-18(15-13-17)21-16-28-24(25-21)26-22(19-8-4-2-5-9-19)23(27-28)20-10-6-3-7-11-20/h2-16H,1H3. The van der Waals surface area contributed by atoms with E-state index in [1.54, 1.807) is 4.52 Å². The third-order valence-electron chi connectivity index (χ3n) is 4.76. The smallest absolute Gasteiger partial charge is 0.209 e. The monoisotopic (exact) mass is 362 g/mol. The molecule has 3 aromatic carbocycles. The van der Waals surface area contributed by atoms with Gasteiger partial charge in [-0.05, 0) is 6.92 Å². The molecule has 4 heteroatoms. The normalized spacial score (nSPS) is 11.0. The highest BCUT2D eigenvalue weighted by Crippen LogP contribution is 2.29. The molecule has 134 valence electrons. The minimum Gasteiger partial charge on any atom is -0.209 e. The van der Waals surface area contributed by atoms with Gasteiger partial charge in [-0.3, -0.25) is 0 Å². The van der Waals surface area contributed by atoms with Crippen molar-refractivity contribution in [3.8, 4) is 33.8 Å². The highest BCUT2D eigenvalue weighted by atomic mass is 15.3. The van der Waals surface area contributed by atoms with Crippen molar-refractivity contribution < 1.29 is 0 Å². The van der Waals surface area contributed by atoms with Crippen LogP contribution < -0.4 is 0 Å². The molecule has 5 aromatic rings. The van der Waals surface area contributed by atoms with Crippen LogP contribution >= 0.6 is 0 Å². The summed E-state index contributed by atoms with van der Waals surface area (Å²) in [6.45, 7) is 2.08. The molecule has 0 fully saturated rings. The lowest BCUT2D eigenvalue weighted by molar-refractivity contribution is 0.912. The second-order valence-corrected chi connectivity index (χ2v) is 6.78. The van der Waals surface area contributed by atoms with Crippen molar-refractivity contribution in [2.24, 2.45) is 0 Å². The van der Waals surface area contributed by atoms with E-state index >= 15 is 0 Å². The van der Waals surface area contributed by atoms with E-state index < -0.39 is 0 Å². The lowest BCUT2D eigenvalue weighted by Gasteiger charge is -2.08. The zero-order valence-corrected chi connectivity index (χ0v) is 15.4. The van der Waals surface area contributed by atoms with Gasteiger partial charge < -0.3 is 0 Å². The van der Waals surface area contributed by atoms with E-state index in [1.807, 2.05) is 42.6 Å². The second-order valence-electron chi connectivity index (χ2n) is 6.78. The number of nitrogens with zero attached hydrogens (tertiary/aromatic N) is 4. The molecule has 0 aliphatic carbocycles. The summed E-state index contributed by atoms with van der Waals surface area (Å²) in [5.41, 5.74) is 6.87. The summed E-state index contributed by atoms with van der Waals surface area (Å²) < 4.78 is 1.77. The van der Waals surface area contributed by atoms with Gasteiger partial charge in [-0.2, -0.15) is 5.10 Å². The number of imidazole rings is 1. The van der Waals surface area contributed by atoms with Crippen LogP contribution in [0, 0.1) is 6.92 Å². The lowest BCUT2D eigenvalue weighted by atomic mass is 10.0. The maximum absolute atomic E-state index is 4.88. The first-order chi connectivity index (χ1) is 13.8. The lowest BCUT2D eigenvalue weighted by Crippen LogP contribution is -2.00. The molecule has 0 saturated carbocycles. The molecule has 28 heavy (non-hydrogen) atoms. The highest BCUT2D eigenvalue weighted by molar-refractivity contribution is 5.78. The molecule has 0 bridgehead atoms. The molecule has 0 spiro atoms. The molecule has 0 unspecified atom stereocenters. The van der Waals surface area contributed by atoms with Crippen LogP contribution in [0.25, 0.3) is 39.5 Å². The molecule has 0 N–H and O–H groups in total. The van der Waals surface area contributed by atoms with E-state index in [9.17, 15) is 0 Å². The van der Waals surface area contributed by atoms with Crippen LogP contribution in [0.3, 0.4) is 0 Å². The fraction of sp³-hybridized carbons (Fsp3) is 0.0417. The molecule has 0 aliphatic rings. The fourth-order valence-corrected chi connectivity index (χ4v) is 3.27. The van der Waals surface area contributed by atoms with Gasteiger partial charge in [-0.15, -0.1) is 0 Å². The number of hydrogen-bond donors (Lipinski definition) is 0. The first-order valence-corrected chi connectivity index (χ1v) is 9.23. The summed E-state index contributed by atoms with van der Waals surface area (Å²) in [6, 6.07) is 28.6. The SMILES string of the molecule is Cc1ccc(-c2cn3nc(-c4ccccc4)c(-c4ccccc4)nc3n2)cc1. The zero-order valence-electron chi connectivity index (χ0n) is 15.4. The van der Waals surface area contributed by atoms with Crippen LogP contribution in [-0.4, -0.2) is 19.6 Å². The topological polar surface area (TPSA) is 43.1 Å². The van der Waals surface area contributed by atoms with Crippen molar-refractivity contribution in [1.29, 1.82) is 0 Å². The van der Waals surface area contributed by atoms with E-state index in [0.29, 0.717) is 5.78 Å². The Kier molecular flexibility index (Phi) is 3.95. The number of rotatable bonds is 3. The summed E-state index contributed by atoms with van der Waals surface area (Å²) in [5, 5.41) is 4.88. The van der Waals surface area contributed by atoms with E-state index in [2.05, 4.69) is 55.5 Å². The van der Waals surface area contributed by atoms with Crippen molar-refractivity contribution in [2.75, 3.05) is 0 Å². The van der Waals surface area contributed by atoms with Gasteiger partial charge in [0.05, 0.1) is 11.9 Å². The summed E-state index contributed by atoms with van der Waals surface area (Å²) in [6.07, 6.45) is 1.94. The first-order valence-electron chi connectivity index (χ1n) is 9.23. The van der Waals surface area contributed by atoms with Gasteiger partial charge in [-0.1, -0.05) is 90.5 Å². The molecule has 0 amide bonds. The zero-order chi connectivity index (χ0) is 18.9. The molecule has 2 aromatic heterocycles. The maximum atomic E-state index is 4.88. The maximum Gasteiger partial charge on any atom is 0.251 e. The number of benzene rings is 3. The molecule has 0 saturated heterocycles. The van der Waals surface area contributed by atoms with E-state index in [0.717, 1.165) is 33.8 Å². The average molecular weight is 362 g/mol. The summed E-state index contributed by atoms with van der Waals surface area (Å²) in [7, 11) is 0. The number of aryl methyl sites for hydroxylation is 1. The van der Waals surface area contributed by atoms with Crippen LogP contribution in [0.2, 0.25) is 0 Å². The van der Waals surface area contributed by atoms with Gasteiger partial charge in [0.15, 0.2) is 0 Å².